The molecule has 1 aliphatic heterocycles. The van der Waals surface area contributed by atoms with Crippen LogP contribution in [-0.4, -0.2) is 39.8 Å². The van der Waals surface area contributed by atoms with Crippen LogP contribution in [0.5, 0.6) is 0 Å². The first kappa shape index (κ1) is 14.3. The summed E-state index contributed by atoms with van der Waals surface area (Å²) >= 11 is 3.26. The second-order valence-electron chi connectivity index (χ2n) is 5.71. The summed E-state index contributed by atoms with van der Waals surface area (Å²) in [6, 6.07) is 5.34. The summed E-state index contributed by atoms with van der Waals surface area (Å²) in [5.41, 5.74) is -1.05. The first-order valence-corrected chi connectivity index (χ1v) is 6.82. The highest BCUT2D eigenvalue weighted by Crippen LogP contribution is 2.32. The molecule has 6 heteroatoms. The van der Waals surface area contributed by atoms with Gasteiger partial charge in [0, 0.05) is 0 Å². The maximum Gasteiger partial charge on any atom is 0.410 e. The Hall–Kier alpha value is -1.14. The van der Waals surface area contributed by atoms with Gasteiger partial charge in [0.25, 0.3) is 0 Å². The first-order chi connectivity index (χ1) is 8.70. The molecule has 2 heterocycles. The van der Waals surface area contributed by atoms with Crippen LogP contribution in [0.3, 0.4) is 0 Å². The Bertz CT molecular complexity index is 493. The molecule has 19 heavy (non-hydrogen) atoms. The highest BCUT2D eigenvalue weighted by molar-refractivity contribution is 9.10. The molecule has 0 saturated carbocycles. The lowest BCUT2D eigenvalue weighted by Crippen LogP contribution is -2.62. The molecule has 1 aliphatic rings. The van der Waals surface area contributed by atoms with E-state index in [2.05, 4.69) is 20.9 Å². The van der Waals surface area contributed by atoms with Crippen LogP contribution >= 0.6 is 15.9 Å². The van der Waals surface area contributed by atoms with Crippen LogP contribution in [0.15, 0.2) is 22.8 Å². The van der Waals surface area contributed by atoms with Crippen LogP contribution in [0.1, 0.15) is 26.5 Å². The number of aliphatic hydroxyl groups is 1. The zero-order valence-electron chi connectivity index (χ0n) is 11.2. The minimum Gasteiger partial charge on any atom is -0.444 e. The predicted molar refractivity (Wildman–Crippen MR) is 73.6 cm³/mol. The van der Waals surface area contributed by atoms with E-state index >= 15 is 0 Å². The monoisotopic (exact) mass is 328 g/mol. The second-order valence-corrected chi connectivity index (χ2v) is 6.53. The summed E-state index contributed by atoms with van der Waals surface area (Å²) in [4.78, 5) is 17.5. The van der Waals surface area contributed by atoms with Gasteiger partial charge < -0.3 is 14.7 Å². The van der Waals surface area contributed by atoms with Crippen LogP contribution in [0.2, 0.25) is 0 Å². The van der Waals surface area contributed by atoms with E-state index in [9.17, 15) is 9.90 Å². The van der Waals surface area contributed by atoms with E-state index in [1.54, 1.807) is 18.2 Å². The van der Waals surface area contributed by atoms with E-state index in [0.29, 0.717) is 10.3 Å². The van der Waals surface area contributed by atoms with Crippen molar-refractivity contribution < 1.29 is 14.6 Å². The van der Waals surface area contributed by atoms with E-state index in [1.807, 2.05) is 20.8 Å². The van der Waals surface area contributed by atoms with Gasteiger partial charge >= 0.3 is 6.09 Å². The van der Waals surface area contributed by atoms with Gasteiger partial charge in [0.1, 0.15) is 15.8 Å². The van der Waals surface area contributed by atoms with Crippen LogP contribution in [0.4, 0.5) is 4.79 Å². The predicted octanol–water partition coefficient (Wildman–Crippen LogP) is 2.28. The van der Waals surface area contributed by atoms with Crippen molar-refractivity contribution in [1.29, 1.82) is 0 Å². The van der Waals surface area contributed by atoms with Crippen LogP contribution in [0.25, 0.3) is 0 Å². The number of rotatable bonds is 1. The first-order valence-electron chi connectivity index (χ1n) is 6.03. The summed E-state index contributed by atoms with van der Waals surface area (Å²) < 4.78 is 5.90. The molecule has 104 valence electrons. The summed E-state index contributed by atoms with van der Waals surface area (Å²) in [6.45, 7) is 5.84. The number of aromatic nitrogens is 1. The van der Waals surface area contributed by atoms with Gasteiger partial charge in [-0.25, -0.2) is 9.78 Å². The van der Waals surface area contributed by atoms with Gasteiger partial charge in [-0.15, -0.1) is 0 Å². The van der Waals surface area contributed by atoms with E-state index < -0.39 is 17.3 Å². The normalized spacial score (nSPS) is 17.8. The average Bonchev–Trinajstić information content (AvgIpc) is 2.22. The van der Waals surface area contributed by atoms with Crippen molar-refractivity contribution in [3.05, 3.63) is 28.5 Å². The van der Waals surface area contributed by atoms with Gasteiger partial charge in [0.05, 0.1) is 18.8 Å². The Morgan fingerprint density at radius 3 is 2.63 bits per heavy atom. The van der Waals surface area contributed by atoms with E-state index in [0.717, 1.165) is 0 Å². The molecule has 0 radical (unpaired) electrons. The Morgan fingerprint density at radius 2 is 2.11 bits per heavy atom. The zero-order valence-corrected chi connectivity index (χ0v) is 12.8. The maximum absolute atomic E-state index is 11.8. The minimum atomic E-state index is -1.08. The SMILES string of the molecule is CC(C)(C)OC(=O)N1CC(O)(c2cccc(Br)n2)C1. The molecule has 1 aromatic rings. The number of carbonyl (C=O) groups is 1. The number of β-amino-alcohol motifs (C(OH)–C–C–N with tert-alkyl or cyclic N) is 1. The van der Waals surface area contributed by atoms with Gasteiger partial charge in [-0.2, -0.15) is 0 Å². The quantitative estimate of drug-likeness (QED) is 0.803. The van der Waals surface area contributed by atoms with Crippen LogP contribution < -0.4 is 0 Å². The van der Waals surface area contributed by atoms with Crippen LogP contribution in [-0.2, 0) is 10.3 Å². The zero-order chi connectivity index (χ0) is 14.3. The number of hydrogen-bond donors (Lipinski definition) is 1. The summed E-state index contributed by atoms with van der Waals surface area (Å²) in [5, 5.41) is 10.4. The van der Waals surface area contributed by atoms with E-state index in [-0.39, 0.29) is 13.1 Å². The van der Waals surface area contributed by atoms with Crippen molar-refractivity contribution in [1.82, 2.24) is 9.88 Å². The highest BCUT2D eigenvalue weighted by atomic mass is 79.9. The summed E-state index contributed by atoms with van der Waals surface area (Å²) in [7, 11) is 0. The van der Waals surface area contributed by atoms with Gasteiger partial charge in [-0.05, 0) is 48.8 Å². The Balaban J connectivity index is 2.00. The van der Waals surface area contributed by atoms with Gasteiger partial charge in [0.2, 0.25) is 0 Å². The molecule has 2 rings (SSSR count). The third kappa shape index (κ3) is 3.25. The fraction of sp³-hybridized carbons (Fsp3) is 0.538. The molecule has 1 fully saturated rings. The van der Waals surface area contributed by atoms with Gasteiger partial charge in [-0.1, -0.05) is 6.07 Å². The lowest BCUT2D eigenvalue weighted by Gasteiger charge is -2.45. The smallest absolute Gasteiger partial charge is 0.410 e. The summed E-state index contributed by atoms with van der Waals surface area (Å²) in [6.07, 6.45) is -0.410. The molecule has 0 atom stereocenters. The third-order valence-corrected chi connectivity index (χ3v) is 3.19. The van der Waals surface area contributed by atoms with Crippen molar-refractivity contribution in [2.24, 2.45) is 0 Å². The fourth-order valence-corrected chi connectivity index (χ4v) is 2.21. The molecule has 0 aliphatic carbocycles. The van der Waals surface area contributed by atoms with Crippen LogP contribution in [0, 0.1) is 0 Å². The van der Waals surface area contributed by atoms with Crippen molar-refractivity contribution in [2.75, 3.05) is 13.1 Å². The van der Waals surface area contributed by atoms with Crippen molar-refractivity contribution in [3.63, 3.8) is 0 Å². The van der Waals surface area contributed by atoms with Crippen molar-refractivity contribution in [3.8, 4) is 0 Å². The number of halogens is 1. The fourth-order valence-electron chi connectivity index (χ4n) is 1.87. The summed E-state index contributed by atoms with van der Waals surface area (Å²) in [5.74, 6) is 0. The Morgan fingerprint density at radius 1 is 1.47 bits per heavy atom. The van der Waals surface area contributed by atoms with E-state index in [4.69, 9.17) is 4.74 Å². The number of nitrogens with zero attached hydrogens (tertiary/aromatic N) is 2. The topological polar surface area (TPSA) is 62.7 Å². The number of amides is 1. The van der Waals surface area contributed by atoms with Crippen molar-refractivity contribution in [2.45, 2.75) is 32.0 Å². The molecular weight excluding hydrogens is 312 g/mol. The second kappa shape index (κ2) is 4.76. The number of carbonyl (C=O) groups excluding carboxylic acids is 1. The standard InChI is InChI=1S/C13H17BrN2O3/c1-12(2,3)19-11(17)16-7-13(18,8-16)9-5-4-6-10(14)15-9/h4-6,18H,7-8H2,1-3H3. The number of ether oxygens (including phenoxy) is 1. The molecule has 1 aromatic heterocycles. The molecule has 0 spiro atoms. The molecule has 1 saturated heterocycles. The molecular formula is C13H17BrN2O3. The third-order valence-electron chi connectivity index (χ3n) is 2.75. The number of pyridine rings is 1. The molecule has 1 amide bonds. The number of hydrogen-bond acceptors (Lipinski definition) is 4. The highest BCUT2D eigenvalue weighted by Gasteiger charge is 2.47. The van der Waals surface area contributed by atoms with Gasteiger partial charge in [-0.3, -0.25) is 0 Å². The lowest BCUT2D eigenvalue weighted by atomic mass is 9.90. The minimum absolute atomic E-state index is 0.200. The lowest BCUT2D eigenvalue weighted by molar-refractivity contribution is -0.106. The Labute approximate surface area is 120 Å². The van der Waals surface area contributed by atoms with Crippen molar-refractivity contribution >= 4 is 22.0 Å². The largest absolute Gasteiger partial charge is 0.444 e. The molecule has 1 N–H and O–H groups in total. The molecule has 0 aromatic carbocycles. The van der Waals surface area contributed by atoms with E-state index in [1.165, 1.54) is 4.90 Å². The molecule has 5 nitrogen and oxygen atoms in total. The number of likely N-dealkylation sites (tertiary alicyclic amines) is 1. The maximum atomic E-state index is 11.8. The molecule has 0 bridgehead atoms. The Kier molecular flexibility index (Phi) is 3.57. The van der Waals surface area contributed by atoms with Gasteiger partial charge in [0.15, 0.2) is 0 Å². The molecule has 0 unspecified atom stereocenters. The average molecular weight is 329 g/mol.